The van der Waals surface area contributed by atoms with Gasteiger partial charge in [0.1, 0.15) is 22.9 Å². The van der Waals surface area contributed by atoms with Gasteiger partial charge in [-0.25, -0.2) is 0 Å². The number of likely N-dealkylation sites (tertiary alicyclic amines) is 1. The molecule has 1 spiro atoms. The first-order chi connectivity index (χ1) is 25.1. The second-order valence-electron chi connectivity index (χ2n) is 16.0. The zero-order valence-electron chi connectivity index (χ0n) is 31.9. The molecule has 12 nitrogen and oxygen atoms in total. The number of allylic oxidation sites excluding steroid dienone is 6. The molecule has 1 saturated heterocycles. The van der Waals surface area contributed by atoms with Crippen LogP contribution in [0, 0.1) is 24.7 Å². The number of Topliss-reactive ketones (excluding diaryl/α,β-unsaturated/α-hetero) is 2. The number of nitrogens with zero attached hydrogens (tertiary/aromatic N) is 2. The number of hydrogen-bond donors (Lipinski definition) is 5. The van der Waals surface area contributed by atoms with Gasteiger partial charge in [-0.1, -0.05) is 45.9 Å². The SMILES string of the molecule is C/C1=C/C=C/[C@H](C)CC[C@@H](O)[C@@H](C)[C@H](O)CC/C=C/OC2(C)Oc3c(C)c(O)c4c(c3C2=O)C2=NC3(CCN(CC(C)C)CC3)NC2=C(NC1=O)C4=O. The van der Waals surface area contributed by atoms with Gasteiger partial charge >= 0.3 is 5.79 Å². The minimum Gasteiger partial charge on any atom is -0.507 e. The highest BCUT2D eigenvalue weighted by Gasteiger charge is 2.54. The number of hydrogen-bond acceptors (Lipinski definition) is 11. The predicted octanol–water partition coefficient (Wildman–Crippen LogP) is 4.96. The molecule has 5 N–H and O–H groups in total. The third-order valence-electron chi connectivity index (χ3n) is 11.3. The number of piperidine rings is 1. The topological polar surface area (TPSA) is 170 Å². The molecule has 1 aliphatic carbocycles. The van der Waals surface area contributed by atoms with Gasteiger partial charge in [0.25, 0.3) is 11.7 Å². The molecule has 0 saturated carbocycles. The van der Waals surface area contributed by atoms with Crippen LogP contribution >= 0.6 is 0 Å². The van der Waals surface area contributed by atoms with E-state index in [9.17, 15) is 29.7 Å². The number of phenols is 1. The second-order valence-corrected chi connectivity index (χ2v) is 16.0. The fourth-order valence-electron chi connectivity index (χ4n) is 7.86. The fraction of sp³-hybridized carbons (Fsp3) is 0.561. The highest BCUT2D eigenvalue weighted by atomic mass is 16.7. The lowest BCUT2D eigenvalue weighted by atomic mass is 9.82. The Morgan fingerprint density at radius 3 is 2.40 bits per heavy atom. The van der Waals surface area contributed by atoms with E-state index in [2.05, 4.69) is 29.4 Å². The Hall–Kier alpha value is -4.26. The summed E-state index contributed by atoms with van der Waals surface area (Å²) < 4.78 is 12.1. The first-order valence-electron chi connectivity index (χ1n) is 18.9. The Balaban J connectivity index is 1.45. The summed E-state index contributed by atoms with van der Waals surface area (Å²) in [5.41, 5.74) is 0.425. The first-order valence-corrected chi connectivity index (χ1v) is 18.9. The Morgan fingerprint density at radius 1 is 1.00 bits per heavy atom. The molecule has 0 radical (unpaired) electrons. The summed E-state index contributed by atoms with van der Waals surface area (Å²) in [6.07, 6.45) is 10.2. The quantitative estimate of drug-likeness (QED) is 0.281. The van der Waals surface area contributed by atoms with Crippen LogP contribution in [0.25, 0.3) is 0 Å². The van der Waals surface area contributed by atoms with Gasteiger partial charge in [0.05, 0.1) is 41.0 Å². The van der Waals surface area contributed by atoms with Crippen molar-refractivity contribution in [3.05, 3.63) is 69.8 Å². The summed E-state index contributed by atoms with van der Waals surface area (Å²) in [4.78, 5) is 50.2. The number of amides is 1. The molecule has 6 aliphatic rings. The average molecular weight is 731 g/mol. The van der Waals surface area contributed by atoms with Crippen LogP contribution in [-0.2, 0) is 9.53 Å². The van der Waals surface area contributed by atoms with E-state index in [1.54, 1.807) is 32.1 Å². The molecule has 0 aromatic heterocycles. The lowest BCUT2D eigenvalue weighted by Gasteiger charge is -2.38. The fourth-order valence-corrected chi connectivity index (χ4v) is 7.86. The van der Waals surface area contributed by atoms with Gasteiger partial charge in [0, 0.05) is 62.0 Å². The molecule has 1 aromatic carbocycles. The standard InChI is InChI=1S/C41H54N4O8/c1-22(2)21-45-18-16-41(17-19-45)43-32-29-30-35(48)26(6)37-31(29)38(50)40(7,53-37)52-20-9-8-13-27(46)25(5)28(47)15-14-23(3)11-10-12-24(4)39(51)42-34(36(30)49)33(32)44-41/h9-12,20,22-23,25,27-28,44,46-48H,8,13-19,21H2,1-7H3,(H,42,51)/b11-10+,20-9+,24-12-/t23-,25-,27+,28+,40?/m0/s1. The molecule has 5 atom stereocenters. The number of rotatable bonds is 2. The third kappa shape index (κ3) is 7.33. The number of aliphatic hydroxyl groups excluding tert-OH is 2. The summed E-state index contributed by atoms with van der Waals surface area (Å²) >= 11 is 0. The second kappa shape index (κ2) is 14.9. The molecular formula is C41H54N4O8. The number of ether oxygens (including phenoxy) is 2. The summed E-state index contributed by atoms with van der Waals surface area (Å²) in [6.45, 7) is 15.4. The van der Waals surface area contributed by atoms with E-state index in [4.69, 9.17) is 14.5 Å². The lowest BCUT2D eigenvalue weighted by molar-refractivity contribution is -0.116. The zero-order valence-corrected chi connectivity index (χ0v) is 31.9. The van der Waals surface area contributed by atoms with Crippen molar-refractivity contribution in [1.82, 2.24) is 15.5 Å². The van der Waals surface area contributed by atoms with Crippen molar-refractivity contribution in [2.45, 2.75) is 111 Å². The smallest absolute Gasteiger partial charge is 0.312 e. The van der Waals surface area contributed by atoms with Crippen LogP contribution in [0.2, 0.25) is 0 Å². The van der Waals surface area contributed by atoms with E-state index >= 15 is 0 Å². The summed E-state index contributed by atoms with van der Waals surface area (Å²) in [7, 11) is 0. The maximum Gasteiger partial charge on any atom is 0.312 e. The number of aliphatic imine (C=N–C) groups is 1. The zero-order chi connectivity index (χ0) is 38.4. The third-order valence-corrected chi connectivity index (χ3v) is 11.3. The van der Waals surface area contributed by atoms with Gasteiger partial charge in [-0.2, -0.15) is 0 Å². The molecule has 5 bridgehead atoms. The molecule has 1 fully saturated rings. The van der Waals surface area contributed by atoms with Gasteiger partial charge in [-0.3, -0.25) is 19.4 Å². The number of benzene rings is 1. The molecule has 1 unspecified atom stereocenters. The molecule has 286 valence electrons. The van der Waals surface area contributed by atoms with E-state index in [1.165, 1.54) is 13.2 Å². The Kier molecular flexibility index (Phi) is 10.8. The Bertz CT molecular complexity index is 1830. The monoisotopic (exact) mass is 730 g/mol. The number of carbonyl (C=O) groups is 3. The Labute approximate surface area is 311 Å². The minimum atomic E-state index is -1.82. The highest BCUT2D eigenvalue weighted by molar-refractivity contribution is 6.34. The number of aliphatic hydroxyl groups is 2. The van der Waals surface area contributed by atoms with E-state index < -0.39 is 41.1 Å². The predicted molar refractivity (Wildman–Crippen MR) is 201 cm³/mol. The highest BCUT2D eigenvalue weighted by Crippen LogP contribution is 2.50. The maximum absolute atomic E-state index is 14.5. The molecule has 1 amide bonds. The Morgan fingerprint density at radius 2 is 1.70 bits per heavy atom. The number of ketones is 2. The van der Waals surface area contributed by atoms with Crippen LogP contribution in [0.5, 0.6) is 11.5 Å². The van der Waals surface area contributed by atoms with Crippen molar-refractivity contribution in [3.8, 4) is 11.5 Å². The molecule has 7 rings (SSSR count). The van der Waals surface area contributed by atoms with Crippen LogP contribution < -0.4 is 15.4 Å². The average Bonchev–Trinajstić information content (AvgIpc) is 3.61. The molecule has 5 heterocycles. The van der Waals surface area contributed by atoms with Crippen molar-refractivity contribution in [2.75, 3.05) is 19.6 Å². The van der Waals surface area contributed by atoms with E-state index in [-0.39, 0.29) is 51.3 Å². The maximum atomic E-state index is 14.5. The number of fused-ring (bicyclic) bond motifs is 13. The largest absolute Gasteiger partial charge is 0.507 e. The van der Waals surface area contributed by atoms with E-state index in [0.29, 0.717) is 61.4 Å². The van der Waals surface area contributed by atoms with Crippen molar-refractivity contribution in [3.63, 3.8) is 0 Å². The van der Waals surface area contributed by atoms with Crippen LogP contribution in [0.15, 0.2) is 52.5 Å². The number of nitrogens with one attached hydrogen (secondary N) is 2. The number of carbonyl (C=O) groups excluding carboxylic acids is 3. The molecule has 53 heavy (non-hydrogen) atoms. The van der Waals surface area contributed by atoms with Gasteiger partial charge in [0.15, 0.2) is 0 Å². The van der Waals surface area contributed by atoms with Crippen molar-refractivity contribution in [1.29, 1.82) is 0 Å². The minimum absolute atomic E-state index is 0.0458. The van der Waals surface area contributed by atoms with Crippen molar-refractivity contribution in [2.24, 2.45) is 22.7 Å². The summed E-state index contributed by atoms with van der Waals surface area (Å²) in [6, 6.07) is 0. The number of phenolic OH excluding ortho intramolecular Hbond substituents is 1. The van der Waals surface area contributed by atoms with E-state index in [1.807, 2.05) is 19.9 Å². The van der Waals surface area contributed by atoms with E-state index in [0.717, 1.165) is 19.6 Å². The van der Waals surface area contributed by atoms with Crippen molar-refractivity contribution < 1.29 is 39.2 Å². The molecule has 1 aromatic rings. The number of aromatic hydroxyl groups is 1. The van der Waals surface area contributed by atoms with Crippen LogP contribution in [0.3, 0.4) is 0 Å². The molecular weight excluding hydrogens is 676 g/mol. The molecule has 12 heteroatoms. The summed E-state index contributed by atoms with van der Waals surface area (Å²) in [5, 5.41) is 39.6. The first kappa shape index (κ1) is 38.5. The normalized spacial score (nSPS) is 31.6. The van der Waals surface area contributed by atoms with Crippen LogP contribution in [0.4, 0.5) is 0 Å². The van der Waals surface area contributed by atoms with Crippen LogP contribution in [-0.4, -0.2) is 86.7 Å². The summed E-state index contributed by atoms with van der Waals surface area (Å²) in [5.74, 6) is -3.55. The van der Waals surface area contributed by atoms with Crippen molar-refractivity contribution >= 4 is 23.2 Å². The van der Waals surface area contributed by atoms with Gasteiger partial charge < -0.3 is 40.3 Å². The van der Waals surface area contributed by atoms with Gasteiger partial charge in [-0.15, -0.1) is 0 Å². The lowest BCUT2D eigenvalue weighted by Crippen LogP contribution is -2.50. The van der Waals surface area contributed by atoms with Gasteiger partial charge in [0.2, 0.25) is 5.78 Å². The van der Waals surface area contributed by atoms with Crippen LogP contribution in [0.1, 0.15) is 112 Å². The van der Waals surface area contributed by atoms with Gasteiger partial charge in [-0.05, 0) is 57.4 Å². The molecule has 5 aliphatic heterocycles.